The highest BCUT2D eigenvalue weighted by molar-refractivity contribution is 7.90. The highest BCUT2D eigenvalue weighted by Gasteiger charge is 2.31. The van der Waals surface area contributed by atoms with E-state index in [1.807, 2.05) is 0 Å². The van der Waals surface area contributed by atoms with Crippen molar-refractivity contribution in [2.24, 2.45) is 16.6 Å². The SMILES string of the molecule is CN=C[C@H]1C[C@H](O)CC[C@@H]1n1cc(C(N)=O)c(Nc2ccc(S(C)(=O)=O)cc2)n1. The average Bonchev–Trinajstić information content (AvgIpc) is 3.05. The van der Waals surface area contributed by atoms with Crippen LogP contribution in [0, 0.1) is 5.92 Å². The van der Waals surface area contributed by atoms with E-state index in [4.69, 9.17) is 5.73 Å². The zero-order valence-corrected chi connectivity index (χ0v) is 17.1. The van der Waals surface area contributed by atoms with Crippen LogP contribution in [-0.2, 0) is 9.84 Å². The average molecular weight is 420 g/mol. The Kier molecular flexibility index (Phi) is 6.04. The first-order valence-corrected chi connectivity index (χ1v) is 11.1. The summed E-state index contributed by atoms with van der Waals surface area (Å²) in [4.78, 5) is 16.2. The number of carbonyl (C=O) groups is 1. The van der Waals surface area contributed by atoms with Gasteiger partial charge < -0.3 is 21.1 Å². The van der Waals surface area contributed by atoms with Crippen LogP contribution in [-0.4, -0.2) is 54.8 Å². The third-order valence-corrected chi connectivity index (χ3v) is 6.19. The molecule has 3 atom stereocenters. The molecule has 1 aromatic heterocycles. The zero-order valence-electron chi connectivity index (χ0n) is 16.3. The first-order chi connectivity index (χ1) is 13.7. The van der Waals surface area contributed by atoms with Crippen LogP contribution in [0.25, 0.3) is 0 Å². The van der Waals surface area contributed by atoms with Gasteiger partial charge in [0.1, 0.15) is 5.56 Å². The molecule has 0 aliphatic heterocycles. The minimum Gasteiger partial charge on any atom is -0.393 e. The number of carbonyl (C=O) groups excluding carboxylic acids is 1. The standard InChI is InChI=1S/C19H25N5O4S/c1-21-10-12-9-14(25)5-8-17(12)24-11-16(18(20)26)19(23-24)22-13-3-6-15(7-4-13)29(2,27)28/h3-4,6-7,10-12,14,17,25H,5,8-9H2,1-2H3,(H2,20,26)(H,22,23)/t12-,14-,17+/m1/s1. The summed E-state index contributed by atoms with van der Waals surface area (Å²) in [6.45, 7) is 0. The minimum atomic E-state index is -3.30. The molecular weight excluding hydrogens is 394 g/mol. The fourth-order valence-electron chi connectivity index (χ4n) is 3.60. The van der Waals surface area contributed by atoms with Crippen LogP contribution in [0.15, 0.2) is 40.4 Å². The number of aliphatic hydroxyl groups is 1. The Balaban J connectivity index is 1.90. The minimum absolute atomic E-state index is 0.00808. The molecule has 3 rings (SSSR count). The van der Waals surface area contributed by atoms with Gasteiger partial charge in [-0.05, 0) is 43.5 Å². The third-order valence-electron chi connectivity index (χ3n) is 5.06. The molecule has 0 saturated heterocycles. The molecule has 10 heteroatoms. The lowest BCUT2D eigenvalue weighted by Crippen LogP contribution is -2.31. The molecule has 2 aromatic rings. The molecule has 1 fully saturated rings. The van der Waals surface area contributed by atoms with Crippen LogP contribution in [0.3, 0.4) is 0 Å². The third kappa shape index (κ3) is 4.83. The van der Waals surface area contributed by atoms with Gasteiger partial charge in [0.2, 0.25) is 0 Å². The van der Waals surface area contributed by atoms with E-state index < -0.39 is 15.7 Å². The molecule has 1 aliphatic carbocycles. The number of hydrogen-bond acceptors (Lipinski definition) is 7. The van der Waals surface area contributed by atoms with Crippen LogP contribution in [0.4, 0.5) is 11.5 Å². The molecule has 156 valence electrons. The molecule has 1 aromatic carbocycles. The van der Waals surface area contributed by atoms with Crippen LogP contribution < -0.4 is 11.1 Å². The molecule has 1 saturated carbocycles. The van der Waals surface area contributed by atoms with E-state index in [0.29, 0.717) is 30.8 Å². The van der Waals surface area contributed by atoms with Crippen LogP contribution in [0.5, 0.6) is 0 Å². The van der Waals surface area contributed by atoms with Gasteiger partial charge in [0.15, 0.2) is 15.7 Å². The molecule has 0 radical (unpaired) electrons. The lowest BCUT2D eigenvalue weighted by atomic mass is 9.83. The van der Waals surface area contributed by atoms with E-state index in [2.05, 4.69) is 15.4 Å². The van der Waals surface area contributed by atoms with Crippen molar-refractivity contribution in [1.82, 2.24) is 9.78 Å². The number of rotatable bonds is 6. The second-order valence-electron chi connectivity index (χ2n) is 7.26. The summed E-state index contributed by atoms with van der Waals surface area (Å²) >= 11 is 0. The highest BCUT2D eigenvalue weighted by Crippen LogP contribution is 2.34. The van der Waals surface area contributed by atoms with E-state index >= 15 is 0 Å². The first-order valence-electron chi connectivity index (χ1n) is 9.25. The topological polar surface area (TPSA) is 140 Å². The summed E-state index contributed by atoms with van der Waals surface area (Å²) in [5.74, 6) is -0.336. The quantitative estimate of drug-likeness (QED) is 0.607. The Morgan fingerprint density at radius 2 is 2.03 bits per heavy atom. The summed E-state index contributed by atoms with van der Waals surface area (Å²) in [7, 11) is -1.61. The lowest BCUT2D eigenvalue weighted by Gasteiger charge is -2.32. The van der Waals surface area contributed by atoms with Gasteiger partial charge in [-0.15, -0.1) is 0 Å². The van der Waals surface area contributed by atoms with Gasteiger partial charge >= 0.3 is 0 Å². The number of sulfone groups is 1. The van der Waals surface area contributed by atoms with E-state index in [0.717, 1.165) is 6.26 Å². The number of nitrogens with one attached hydrogen (secondary N) is 1. The Morgan fingerprint density at radius 1 is 1.34 bits per heavy atom. The van der Waals surface area contributed by atoms with Crippen molar-refractivity contribution in [3.05, 3.63) is 36.0 Å². The Bertz CT molecular complexity index is 1010. The maximum Gasteiger partial charge on any atom is 0.254 e. The number of anilines is 2. The van der Waals surface area contributed by atoms with E-state index in [9.17, 15) is 18.3 Å². The maximum atomic E-state index is 11.9. The van der Waals surface area contributed by atoms with Crippen molar-refractivity contribution < 1.29 is 18.3 Å². The van der Waals surface area contributed by atoms with Crippen molar-refractivity contribution in [3.8, 4) is 0 Å². The number of nitrogens with two attached hydrogens (primary N) is 1. The van der Waals surface area contributed by atoms with E-state index in [1.54, 1.807) is 36.3 Å². The summed E-state index contributed by atoms with van der Waals surface area (Å²) in [6, 6.07) is 6.11. The molecule has 0 unspecified atom stereocenters. The van der Waals surface area contributed by atoms with Gasteiger partial charge in [-0.1, -0.05) is 0 Å². The second kappa shape index (κ2) is 8.34. The summed E-state index contributed by atoms with van der Waals surface area (Å²) < 4.78 is 24.9. The number of benzene rings is 1. The Labute approximate surface area is 169 Å². The molecule has 1 amide bonds. The Morgan fingerprint density at radius 3 is 2.62 bits per heavy atom. The van der Waals surface area contributed by atoms with Crippen LogP contribution in [0.2, 0.25) is 0 Å². The predicted molar refractivity (Wildman–Crippen MR) is 110 cm³/mol. The number of primary amides is 1. The van der Waals surface area contributed by atoms with Crippen molar-refractivity contribution in [3.63, 3.8) is 0 Å². The zero-order chi connectivity index (χ0) is 21.2. The normalized spacial score (nSPS) is 22.7. The monoisotopic (exact) mass is 419 g/mol. The van der Waals surface area contributed by atoms with Crippen LogP contribution in [0.1, 0.15) is 35.7 Å². The molecule has 1 heterocycles. The molecule has 4 N–H and O–H groups in total. The van der Waals surface area contributed by atoms with Crippen molar-refractivity contribution in [2.75, 3.05) is 18.6 Å². The van der Waals surface area contributed by atoms with Crippen molar-refractivity contribution in [2.45, 2.75) is 36.3 Å². The fourth-order valence-corrected chi connectivity index (χ4v) is 4.23. The van der Waals surface area contributed by atoms with Gasteiger partial charge in [0.05, 0.1) is 17.0 Å². The first kappa shape index (κ1) is 21.0. The molecule has 0 bridgehead atoms. The summed E-state index contributed by atoms with van der Waals surface area (Å²) in [5.41, 5.74) is 6.34. The van der Waals surface area contributed by atoms with Crippen LogP contribution >= 0.6 is 0 Å². The number of hydrogen-bond donors (Lipinski definition) is 3. The largest absolute Gasteiger partial charge is 0.393 e. The smallest absolute Gasteiger partial charge is 0.254 e. The predicted octanol–water partition coefficient (Wildman–Crippen LogP) is 1.53. The maximum absolute atomic E-state index is 11.9. The highest BCUT2D eigenvalue weighted by atomic mass is 32.2. The number of aliphatic imine (C=N–C) groups is 1. The number of aliphatic hydroxyl groups excluding tert-OH is 1. The Hall–Kier alpha value is -2.72. The fraction of sp³-hybridized carbons (Fsp3) is 0.421. The lowest BCUT2D eigenvalue weighted by molar-refractivity contribution is 0.0907. The van der Waals surface area contributed by atoms with Gasteiger partial charge in [-0.2, -0.15) is 5.10 Å². The summed E-state index contributed by atoms with van der Waals surface area (Å²) in [6.07, 6.45) is 6.07. The molecule has 1 aliphatic rings. The van der Waals surface area contributed by atoms with E-state index in [-0.39, 0.29) is 28.5 Å². The van der Waals surface area contributed by atoms with Crippen molar-refractivity contribution >= 4 is 33.5 Å². The van der Waals surface area contributed by atoms with Gasteiger partial charge in [-0.25, -0.2) is 8.42 Å². The number of amides is 1. The second-order valence-corrected chi connectivity index (χ2v) is 9.28. The molecule has 9 nitrogen and oxygen atoms in total. The van der Waals surface area contributed by atoms with E-state index in [1.165, 1.54) is 12.1 Å². The number of aromatic nitrogens is 2. The van der Waals surface area contributed by atoms with Crippen molar-refractivity contribution in [1.29, 1.82) is 0 Å². The van der Waals surface area contributed by atoms with Gasteiger partial charge in [0.25, 0.3) is 5.91 Å². The van der Waals surface area contributed by atoms with Gasteiger partial charge in [-0.3, -0.25) is 9.48 Å². The number of nitrogens with zero attached hydrogens (tertiary/aromatic N) is 3. The summed E-state index contributed by atoms with van der Waals surface area (Å²) in [5, 5.41) is 17.5. The molecule has 29 heavy (non-hydrogen) atoms. The molecule has 0 spiro atoms. The molecular formula is C19H25N5O4S. The van der Waals surface area contributed by atoms with Gasteiger partial charge in [0, 0.05) is 37.3 Å².